The highest BCUT2D eigenvalue weighted by molar-refractivity contribution is 5.97. The van der Waals surface area contributed by atoms with Crippen LogP contribution < -0.4 is 9.64 Å². The van der Waals surface area contributed by atoms with Crippen molar-refractivity contribution < 1.29 is 19.4 Å². The summed E-state index contributed by atoms with van der Waals surface area (Å²) in [5.74, 6) is 0.978. The molecule has 7 heteroatoms. The summed E-state index contributed by atoms with van der Waals surface area (Å²) in [6, 6.07) is 15.8. The number of aliphatic hydroxyl groups is 1. The van der Waals surface area contributed by atoms with Gasteiger partial charge in [0.05, 0.1) is 6.10 Å². The molecule has 0 saturated carbocycles. The number of nitrogens with zero attached hydrogens (tertiary/aromatic N) is 3. The van der Waals surface area contributed by atoms with Crippen molar-refractivity contribution in [2.75, 3.05) is 31.1 Å². The van der Waals surface area contributed by atoms with E-state index in [4.69, 9.17) is 4.74 Å². The second-order valence-corrected chi connectivity index (χ2v) is 10.9. The highest BCUT2D eigenvalue weighted by Crippen LogP contribution is 2.32. The quantitative estimate of drug-likeness (QED) is 0.551. The summed E-state index contributed by atoms with van der Waals surface area (Å²) in [7, 11) is 0. The summed E-state index contributed by atoms with van der Waals surface area (Å²) in [4.78, 5) is 32.2. The van der Waals surface area contributed by atoms with Gasteiger partial charge in [-0.2, -0.15) is 0 Å². The Bertz CT molecular complexity index is 1100. The lowest BCUT2D eigenvalue weighted by molar-refractivity contribution is -0.119. The lowest BCUT2D eigenvalue weighted by Gasteiger charge is -2.41. The highest BCUT2D eigenvalue weighted by Gasteiger charge is 2.34. The summed E-state index contributed by atoms with van der Waals surface area (Å²) in [6.45, 7) is 5.05. The number of amides is 2. The monoisotopic (exact) mass is 519 g/mol. The van der Waals surface area contributed by atoms with Gasteiger partial charge in [0, 0.05) is 49.9 Å². The predicted octanol–water partition coefficient (Wildman–Crippen LogP) is 4.62. The Balaban J connectivity index is 1.18. The number of β-amino-alcohol motifs (C(OH)–C–C–N with tert-alkyl or cyclic N) is 1. The van der Waals surface area contributed by atoms with Crippen molar-refractivity contribution in [3.63, 3.8) is 0 Å². The van der Waals surface area contributed by atoms with Crippen LogP contribution in [-0.2, 0) is 11.2 Å². The number of anilines is 1. The van der Waals surface area contributed by atoms with E-state index in [0.29, 0.717) is 31.6 Å². The smallest absolute Gasteiger partial charge is 0.253 e. The maximum absolute atomic E-state index is 13.3. The van der Waals surface area contributed by atoms with E-state index < -0.39 is 0 Å². The van der Waals surface area contributed by atoms with Crippen LogP contribution in [0.4, 0.5) is 5.69 Å². The third-order valence-electron chi connectivity index (χ3n) is 8.26. The minimum Gasteiger partial charge on any atom is -0.475 e. The largest absolute Gasteiger partial charge is 0.475 e. The average molecular weight is 520 g/mol. The molecule has 2 aromatic carbocycles. The van der Waals surface area contributed by atoms with Crippen LogP contribution in [-0.4, -0.2) is 71.3 Å². The minimum absolute atomic E-state index is 0.0297. The second-order valence-electron chi connectivity index (χ2n) is 10.9. The zero-order valence-corrected chi connectivity index (χ0v) is 22.6. The number of ether oxygens (including phenoxy) is 1. The summed E-state index contributed by atoms with van der Waals surface area (Å²) < 4.78 is 6.36. The van der Waals surface area contributed by atoms with Crippen molar-refractivity contribution in [1.29, 1.82) is 0 Å². The third-order valence-corrected chi connectivity index (χ3v) is 8.26. The molecule has 5 rings (SSSR count). The van der Waals surface area contributed by atoms with Crippen molar-refractivity contribution in [3.05, 3.63) is 59.7 Å². The molecule has 7 nitrogen and oxygen atoms in total. The molecular formula is C31H41N3O4. The van der Waals surface area contributed by atoms with E-state index >= 15 is 0 Å². The maximum Gasteiger partial charge on any atom is 0.253 e. The fraction of sp³-hybridized carbons (Fsp3) is 0.548. The van der Waals surface area contributed by atoms with E-state index in [9.17, 15) is 14.7 Å². The van der Waals surface area contributed by atoms with Gasteiger partial charge in [-0.25, -0.2) is 0 Å². The van der Waals surface area contributed by atoms with Gasteiger partial charge in [0.15, 0.2) is 6.23 Å². The van der Waals surface area contributed by atoms with Crippen LogP contribution in [0, 0.1) is 0 Å². The molecule has 38 heavy (non-hydrogen) atoms. The molecular weight excluding hydrogens is 478 g/mol. The number of rotatable bonds is 8. The molecule has 2 atom stereocenters. The zero-order valence-electron chi connectivity index (χ0n) is 22.6. The standard InChI is InChI=1S/C31H41N3O4/c1-2-3-10-30(33-19-6-8-26(35)22-33)38-27-14-11-24(12-15-27)31(37)32-20-17-25(18-21-32)34-28-9-5-4-7-23(28)13-16-29(34)36/h4-5,7,9,11-12,14-15,25-26,30,35H,2-3,6,8,10,13,16-22H2,1H3. The predicted molar refractivity (Wildman–Crippen MR) is 148 cm³/mol. The molecule has 3 aliphatic heterocycles. The van der Waals surface area contributed by atoms with E-state index in [2.05, 4.69) is 17.9 Å². The fourth-order valence-electron chi connectivity index (χ4n) is 6.14. The number of hydrogen-bond donors (Lipinski definition) is 1. The van der Waals surface area contributed by atoms with Crippen molar-refractivity contribution in [1.82, 2.24) is 9.80 Å². The Morgan fingerprint density at radius 1 is 1.03 bits per heavy atom. The number of likely N-dealkylation sites (tertiary alicyclic amines) is 2. The van der Waals surface area contributed by atoms with Crippen LogP contribution in [0.25, 0.3) is 0 Å². The number of benzene rings is 2. The van der Waals surface area contributed by atoms with Crippen LogP contribution in [0.15, 0.2) is 48.5 Å². The van der Waals surface area contributed by atoms with Gasteiger partial charge < -0.3 is 19.6 Å². The number of aliphatic hydroxyl groups excluding tert-OH is 1. The molecule has 2 aromatic rings. The molecule has 0 aromatic heterocycles. The van der Waals surface area contributed by atoms with E-state index in [-0.39, 0.29) is 30.2 Å². The van der Waals surface area contributed by atoms with E-state index in [1.807, 2.05) is 52.3 Å². The number of hydrogen-bond acceptors (Lipinski definition) is 5. The molecule has 3 aliphatic rings. The van der Waals surface area contributed by atoms with E-state index in [0.717, 1.165) is 69.3 Å². The van der Waals surface area contributed by atoms with Gasteiger partial charge in [-0.15, -0.1) is 0 Å². The Kier molecular flexibility index (Phi) is 8.65. The third kappa shape index (κ3) is 6.05. The van der Waals surface area contributed by atoms with Gasteiger partial charge in [-0.05, 0) is 80.8 Å². The molecule has 3 heterocycles. The molecule has 204 valence electrons. The molecule has 0 spiro atoms. The highest BCUT2D eigenvalue weighted by atomic mass is 16.5. The van der Waals surface area contributed by atoms with Gasteiger partial charge in [0.25, 0.3) is 5.91 Å². The summed E-state index contributed by atoms with van der Waals surface area (Å²) in [5.41, 5.74) is 2.94. The van der Waals surface area contributed by atoms with Crippen molar-refractivity contribution >= 4 is 17.5 Å². The first-order valence-corrected chi connectivity index (χ1v) is 14.4. The van der Waals surface area contributed by atoms with Crippen LogP contribution in [0.3, 0.4) is 0 Å². The SMILES string of the molecule is CCCCC(Oc1ccc(C(=O)N2CCC(N3C(=O)CCc4ccccc43)CC2)cc1)N1CCCC(O)C1. The molecule has 0 radical (unpaired) electrons. The molecule has 0 bridgehead atoms. The normalized spacial score (nSPS) is 21.7. The van der Waals surface area contributed by atoms with Gasteiger partial charge in [-0.3, -0.25) is 14.5 Å². The molecule has 1 N–H and O–H groups in total. The van der Waals surface area contributed by atoms with Gasteiger partial charge >= 0.3 is 0 Å². The Morgan fingerprint density at radius 3 is 2.53 bits per heavy atom. The number of carbonyl (C=O) groups excluding carboxylic acids is 2. The van der Waals surface area contributed by atoms with Crippen LogP contribution in [0.1, 0.15) is 74.2 Å². The number of unbranched alkanes of at least 4 members (excludes halogenated alkanes) is 1. The molecule has 2 saturated heterocycles. The minimum atomic E-state index is -0.289. The Hall–Kier alpha value is -2.90. The number of fused-ring (bicyclic) bond motifs is 1. The average Bonchev–Trinajstić information content (AvgIpc) is 2.95. The Labute approximate surface area is 226 Å². The zero-order chi connectivity index (χ0) is 26.5. The van der Waals surface area contributed by atoms with E-state index in [1.165, 1.54) is 5.56 Å². The van der Waals surface area contributed by atoms with E-state index in [1.54, 1.807) is 0 Å². The van der Waals surface area contributed by atoms with Gasteiger partial charge in [0.2, 0.25) is 5.91 Å². The molecule has 2 amide bonds. The number of piperidine rings is 2. The summed E-state index contributed by atoms with van der Waals surface area (Å²) >= 11 is 0. The van der Waals surface area contributed by atoms with Crippen molar-refractivity contribution in [2.45, 2.75) is 83.1 Å². The van der Waals surface area contributed by atoms with Crippen molar-refractivity contribution in [2.24, 2.45) is 0 Å². The molecule has 2 fully saturated rings. The lowest BCUT2D eigenvalue weighted by Crippen LogP contribution is -2.50. The first-order valence-electron chi connectivity index (χ1n) is 14.4. The fourth-order valence-corrected chi connectivity index (χ4v) is 6.14. The Morgan fingerprint density at radius 2 is 1.79 bits per heavy atom. The first-order chi connectivity index (χ1) is 18.5. The second kappa shape index (κ2) is 12.3. The first kappa shape index (κ1) is 26.7. The number of para-hydroxylation sites is 1. The molecule has 0 aliphatic carbocycles. The summed E-state index contributed by atoms with van der Waals surface area (Å²) in [6.07, 6.45) is 7.50. The van der Waals surface area contributed by atoms with Crippen molar-refractivity contribution in [3.8, 4) is 5.75 Å². The number of carbonyl (C=O) groups is 2. The lowest BCUT2D eigenvalue weighted by atomic mass is 9.95. The maximum atomic E-state index is 13.3. The topological polar surface area (TPSA) is 73.3 Å². The van der Waals surface area contributed by atoms with Gasteiger partial charge in [0.1, 0.15) is 5.75 Å². The number of aryl methyl sites for hydroxylation is 1. The van der Waals surface area contributed by atoms with Crippen LogP contribution >= 0.6 is 0 Å². The van der Waals surface area contributed by atoms with Crippen LogP contribution in [0.5, 0.6) is 5.75 Å². The summed E-state index contributed by atoms with van der Waals surface area (Å²) in [5, 5.41) is 10.1. The van der Waals surface area contributed by atoms with Gasteiger partial charge in [-0.1, -0.05) is 31.5 Å². The van der Waals surface area contributed by atoms with Crippen LogP contribution in [0.2, 0.25) is 0 Å². The molecule has 2 unspecified atom stereocenters.